The number of nitrogens with zero attached hydrogens (tertiary/aromatic N) is 2. The SMILES string of the molecule is O=C(OF)C(c1ccc2cnc(Cl)cc2n1)C1CCNCC1. The third-order valence-corrected chi connectivity index (χ3v) is 4.27. The summed E-state index contributed by atoms with van der Waals surface area (Å²) in [5.74, 6) is -1.59. The van der Waals surface area contributed by atoms with Crippen molar-refractivity contribution in [3.8, 4) is 0 Å². The van der Waals surface area contributed by atoms with E-state index in [1.54, 1.807) is 24.4 Å². The molecule has 116 valence electrons. The number of halogens is 2. The van der Waals surface area contributed by atoms with Crippen molar-refractivity contribution in [1.82, 2.24) is 15.3 Å². The molecule has 1 aliphatic rings. The summed E-state index contributed by atoms with van der Waals surface area (Å²) in [6.07, 6.45) is 3.16. The number of nitrogens with one attached hydrogen (secondary N) is 1. The highest BCUT2D eigenvalue weighted by Gasteiger charge is 2.34. The number of rotatable bonds is 3. The molecule has 5 nitrogen and oxygen atoms in total. The van der Waals surface area contributed by atoms with Gasteiger partial charge in [0.15, 0.2) is 0 Å². The van der Waals surface area contributed by atoms with E-state index in [1.165, 1.54) is 0 Å². The Morgan fingerprint density at radius 2 is 2.18 bits per heavy atom. The quantitative estimate of drug-likeness (QED) is 0.880. The van der Waals surface area contributed by atoms with Crippen molar-refractivity contribution in [3.63, 3.8) is 0 Å². The molecule has 1 unspecified atom stereocenters. The average Bonchev–Trinajstić information content (AvgIpc) is 2.55. The Morgan fingerprint density at radius 1 is 1.41 bits per heavy atom. The van der Waals surface area contributed by atoms with Crippen LogP contribution in [0.25, 0.3) is 10.9 Å². The van der Waals surface area contributed by atoms with E-state index in [2.05, 4.69) is 20.2 Å². The maximum atomic E-state index is 12.5. The first-order valence-electron chi connectivity index (χ1n) is 7.14. The van der Waals surface area contributed by atoms with Crippen LogP contribution in [0, 0.1) is 5.92 Å². The number of fused-ring (bicyclic) bond motifs is 1. The number of carbonyl (C=O) groups is 1. The molecule has 2 aromatic rings. The zero-order chi connectivity index (χ0) is 15.5. The van der Waals surface area contributed by atoms with Gasteiger partial charge in [0.1, 0.15) is 11.1 Å². The molecule has 2 aromatic heterocycles. The fourth-order valence-corrected chi connectivity index (χ4v) is 3.11. The molecule has 1 N–H and O–H groups in total. The summed E-state index contributed by atoms with van der Waals surface area (Å²) >= 11 is 5.88. The van der Waals surface area contributed by atoms with E-state index in [0.29, 0.717) is 16.4 Å². The summed E-state index contributed by atoms with van der Waals surface area (Å²) in [4.78, 5) is 23.9. The monoisotopic (exact) mass is 323 g/mol. The fourth-order valence-electron chi connectivity index (χ4n) is 2.96. The first-order chi connectivity index (χ1) is 10.7. The largest absolute Gasteiger partial charge is 0.358 e. The highest BCUT2D eigenvalue weighted by atomic mass is 35.5. The van der Waals surface area contributed by atoms with Crippen LogP contribution in [-0.4, -0.2) is 29.0 Å². The normalized spacial score (nSPS) is 17.4. The highest BCUT2D eigenvalue weighted by molar-refractivity contribution is 6.29. The van der Waals surface area contributed by atoms with E-state index in [1.807, 2.05) is 0 Å². The number of aromatic nitrogens is 2. The van der Waals surface area contributed by atoms with E-state index in [9.17, 15) is 9.32 Å². The third-order valence-electron chi connectivity index (χ3n) is 4.07. The second kappa shape index (κ2) is 6.54. The molecular formula is C15H15ClFN3O2. The zero-order valence-electron chi connectivity index (χ0n) is 11.8. The second-order valence-electron chi connectivity index (χ2n) is 5.40. The van der Waals surface area contributed by atoms with Crippen LogP contribution in [-0.2, 0) is 9.74 Å². The van der Waals surface area contributed by atoms with Crippen LogP contribution in [0.5, 0.6) is 0 Å². The number of carbonyl (C=O) groups excluding carboxylic acids is 1. The summed E-state index contributed by atoms with van der Waals surface area (Å²) in [6, 6.07) is 5.16. The zero-order valence-corrected chi connectivity index (χ0v) is 12.5. The van der Waals surface area contributed by atoms with E-state index in [4.69, 9.17) is 11.6 Å². The van der Waals surface area contributed by atoms with Gasteiger partial charge in [0.05, 0.1) is 11.2 Å². The Kier molecular flexibility index (Phi) is 4.49. The average molecular weight is 324 g/mol. The summed E-state index contributed by atoms with van der Waals surface area (Å²) in [7, 11) is 0. The molecule has 0 amide bonds. The van der Waals surface area contributed by atoms with Gasteiger partial charge in [0, 0.05) is 22.2 Å². The van der Waals surface area contributed by atoms with Gasteiger partial charge in [-0.2, -0.15) is 0 Å². The number of piperidine rings is 1. The molecule has 1 aliphatic heterocycles. The molecule has 22 heavy (non-hydrogen) atoms. The molecule has 0 aromatic carbocycles. The van der Waals surface area contributed by atoms with Gasteiger partial charge in [-0.15, -0.1) is 0 Å². The van der Waals surface area contributed by atoms with Gasteiger partial charge in [0.2, 0.25) is 0 Å². The number of pyridine rings is 2. The summed E-state index contributed by atoms with van der Waals surface area (Å²) in [5.41, 5.74) is 1.13. The molecule has 0 aliphatic carbocycles. The van der Waals surface area contributed by atoms with E-state index < -0.39 is 11.9 Å². The molecule has 7 heteroatoms. The Morgan fingerprint density at radius 3 is 2.91 bits per heavy atom. The van der Waals surface area contributed by atoms with Gasteiger partial charge < -0.3 is 5.32 Å². The maximum absolute atomic E-state index is 12.5. The minimum Gasteiger partial charge on any atom is -0.317 e. The lowest BCUT2D eigenvalue weighted by Gasteiger charge is -2.27. The Balaban J connectivity index is 2.00. The second-order valence-corrected chi connectivity index (χ2v) is 5.78. The minimum absolute atomic E-state index is 0.00626. The Bertz CT molecular complexity index is 692. The van der Waals surface area contributed by atoms with Gasteiger partial charge in [0.25, 0.3) is 0 Å². The van der Waals surface area contributed by atoms with Gasteiger partial charge in [-0.1, -0.05) is 11.6 Å². The van der Waals surface area contributed by atoms with Gasteiger partial charge in [-0.05, 0) is 44.0 Å². The van der Waals surface area contributed by atoms with E-state index in [0.717, 1.165) is 31.3 Å². The molecule has 0 radical (unpaired) electrons. The van der Waals surface area contributed by atoms with E-state index in [-0.39, 0.29) is 5.92 Å². The van der Waals surface area contributed by atoms with Gasteiger partial charge in [-0.3, -0.25) is 9.93 Å². The van der Waals surface area contributed by atoms with E-state index >= 15 is 0 Å². The Labute approximate surface area is 131 Å². The summed E-state index contributed by atoms with van der Waals surface area (Å²) < 4.78 is 12.5. The van der Waals surface area contributed by atoms with Crippen molar-refractivity contribution >= 4 is 28.5 Å². The predicted molar refractivity (Wildman–Crippen MR) is 80.1 cm³/mol. The first-order valence-corrected chi connectivity index (χ1v) is 7.52. The predicted octanol–water partition coefficient (Wildman–Crippen LogP) is 2.79. The third kappa shape index (κ3) is 3.03. The van der Waals surface area contributed by atoms with Crippen LogP contribution in [0.4, 0.5) is 4.53 Å². The van der Waals surface area contributed by atoms with Crippen LogP contribution in [0.2, 0.25) is 5.15 Å². The molecule has 3 rings (SSSR count). The van der Waals surface area contributed by atoms with Gasteiger partial charge >= 0.3 is 5.97 Å². The van der Waals surface area contributed by atoms with Crippen molar-refractivity contribution in [2.24, 2.45) is 5.92 Å². The van der Waals surface area contributed by atoms with Gasteiger partial charge in [-0.25, -0.2) is 9.78 Å². The van der Waals surface area contributed by atoms with Crippen molar-refractivity contribution < 1.29 is 14.3 Å². The summed E-state index contributed by atoms with van der Waals surface area (Å²) in [5, 5.41) is 4.36. The van der Waals surface area contributed by atoms with Crippen molar-refractivity contribution in [2.45, 2.75) is 18.8 Å². The molecule has 0 spiro atoms. The summed E-state index contributed by atoms with van der Waals surface area (Å²) in [6.45, 7) is 1.59. The van der Waals surface area contributed by atoms with Crippen LogP contribution in [0.1, 0.15) is 24.5 Å². The topological polar surface area (TPSA) is 64.1 Å². The molecule has 1 atom stereocenters. The first kappa shape index (κ1) is 15.1. The van der Waals surface area contributed by atoms with Crippen LogP contribution < -0.4 is 5.32 Å². The van der Waals surface area contributed by atoms with Crippen LogP contribution >= 0.6 is 11.6 Å². The lowest BCUT2D eigenvalue weighted by atomic mass is 9.82. The molecule has 1 fully saturated rings. The molecular weight excluding hydrogens is 309 g/mol. The lowest BCUT2D eigenvalue weighted by molar-refractivity contribution is -0.187. The smallest absolute Gasteiger partial charge is 0.317 e. The maximum Gasteiger partial charge on any atom is 0.358 e. The molecule has 1 saturated heterocycles. The van der Waals surface area contributed by atoms with Crippen molar-refractivity contribution in [2.75, 3.05) is 13.1 Å². The molecule has 3 heterocycles. The van der Waals surface area contributed by atoms with Crippen LogP contribution in [0.15, 0.2) is 24.4 Å². The number of hydrogen-bond acceptors (Lipinski definition) is 5. The minimum atomic E-state index is -0.890. The lowest BCUT2D eigenvalue weighted by Crippen LogP contribution is -2.34. The number of hydrogen-bond donors (Lipinski definition) is 1. The Hall–Kier alpha value is -1.79. The molecule has 0 bridgehead atoms. The van der Waals surface area contributed by atoms with Crippen molar-refractivity contribution in [1.29, 1.82) is 0 Å². The fraction of sp³-hybridized carbons (Fsp3) is 0.400. The standard InChI is InChI=1S/C15H15ClFN3O2/c16-13-7-12-10(8-19-13)1-2-11(20-12)14(15(21)22-17)9-3-5-18-6-4-9/h1-2,7-9,14,18H,3-6H2. The highest BCUT2D eigenvalue weighted by Crippen LogP contribution is 2.32. The van der Waals surface area contributed by atoms with Crippen molar-refractivity contribution in [3.05, 3.63) is 35.2 Å². The van der Waals surface area contributed by atoms with Crippen LogP contribution in [0.3, 0.4) is 0 Å². The molecule has 0 saturated carbocycles.